The van der Waals surface area contributed by atoms with E-state index in [-0.39, 0.29) is 22.2 Å². The van der Waals surface area contributed by atoms with Gasteiger partial charge in [0.2, 0.25) is 5.16 Å². The van der Waals surface area contributed by atoms with Gasteiger partial charge in [0.15, 0.2) is 5.82 Å². The lowest BCUT2D eigenvalue weighted by Gasteiger charge is -2.10. The summed E-state index contributed by atoms with van der Waals surface area (Å²) in [6.07, 6.45) is 0. The van der Waals surface area contributed by atoms with E-state index in [1.165, 1.54) is 33.8 Å². The Bertz CT molecular complexity index is 1440. The number of thioether (sulfide) groups is 1. The van der Waals surface area contributed by atoms with Crippen molar-refractivity contribution >= 4 is 44.7 Å². The average molecular weight is 471 g/mol. The number of nitrogens with two attached hydrogens (primary N) is 1. The number of nitrogens with zero attached hydrogens (tertiary/aromatic N) is 4. The summed E-state index contributed by atoms with van der Waals surface area (Å²) in [7, 11) is 0. The van der Waals surface area contributed by atoms with E-state index in [1.54, 1.807) is 29.5 Å². The summed E-state index contributed by atoms with van der Waals surface area (Å²) in [5.41, 5.74) is 0.981. The van der Waals surface area contributed by atoms with Gasteiger partial charge < -0.3 is 10.8 Å². The molecule has 3 N–H and O–H groups in total. The summed E-state index contributed by atoms with van der Waals surface area (Å²) in [6.45, 7) is 1.89. The number of aromatic amines is 1. The Morgan fingerprint density at radius 2 is 2.00 bits per heavy atom. The highest BCUT2D eigenvalue weighted by atomic mass is 32.2. The molecule has 156 valence electrons. The highest BCUT2D eigenvalue weighted by Crippen LogP contribution is 2.36. The summed E-state index contributed by atoms with van der Waals surface area (Å²) in [5, 5.41) is 12.8. The Hall–Kier alpha value is -3.02. The maximum absolute atomic E-state index is 14.1. The number of nitrogen functional groups attached to an aromatic ring is 1. The van der Waals surface area contributed by atoms with Crippen molar-refractivity contribution in [3.05, 3.63) is 69.2 Å². The highest BCUT2D eigenvalue weighted by molar-refractivity contribution is 7.99. The second kappa shape index (κ2) is 7.91. The summed E-state index contributed by atoms with van der Waals surface area (Å²) in [5.74, 6) is 6.43. The van der Waals surface area contributed by atoms with E-state index >= 15 is 0 Å². The Labute approximate surface area is 187 Å². The van der Waals surface area contributed by atoms with Gasteiger partial charge in [-0.15, -0.1) is 32.9 Å². The number of halogens is 1. The van der Waals surface area contributed by atoms with Gasteiger partial charge in [-0.1, -0.05) is 30.0 Å². The number of nitrogens with one attached hydrogen (secondary N) is 1. The minimum atomic E-state index is -0.429. The number of hydrogen-bond acceptors (Lipinski definition) is 8. The second-order valence-corrected chi connectivity index (χ2v) is 9.79. The van der Waals surface area contributed by atoms with Crippen molar-refractivity contribution < 1.29 is 4.39 Å². The van der Waals surface area contributed by atoms with Crippen molar-refractivity contribution in [1.29, 1.82) is 0 Å². The van der Waals surface area contributed by atoms with Gasteiger partial charge in [-0.05, 0) is 30.5 Å². The molecule has 5 aromatic rings. The Morgan fingerprint density at radius 3 is 2.77 bits per heavy atom. The van der Waals surface area contributed by atoms with Crippen molar-refractivity contribution in [3.63, 3.8) is 0 Å². The van der Waals surface area contributed by atoms with E-state index < -0.39 is 5.82 Å². The number of thiophene rings is 2. The molecule has 31 heavy (non-hydrogen) atoms. The average Bonchev–Trinajstić information content (AvgIpc) is 3.49. The Balaban J connectivity index is 1.46. The molecule has 1 atom stereocenters. The van der Waals surface area contributed by atoms with Gasteiger partial charge in [-0.2, -0.15) is 0 Å². The standard InChI is InChI=1S/C20H15FN6OS3/c1-10(31-20-26-25-17(27(20)22)11-5-2-3-6-13(11)21)16-23-18(28)15-12(9-30-19(15)24-16)14-7-4-8-29-14/h2-10H,22H2,1H3,(H,23,24,28). The van der Waals surface area contributed by atoms with Gasteiger partial charge in [-0.3, -0.25) is 4.79 Å². The highest BCUT2D eigenvalue weighted by Gasteiger charge is 2.21. The molecule has 1 unspecified atom stereocenters. The molecule has 0 radical (unpaired) electrons. The lowest BCUT2D eigenvalue weighted by Crippen LogP contribution is -2.14. The summed E-state index contributed by atoms with van der Waals surface area (Å²) in [6, 6.07) is 10.2. The van der Waals surface area contributed by atoms with E-state index in [4.69, 9.17) is 5.84 Å². The van der Waals surface area contributed by atoms with Crippen LogP contribution in [0.4, 0.5) is 4.39 Å². The van der Waals surface area contributed by atoms with E-state index in [1.807, 2.05) is 29.8 Å². The largest absolute Gasteiger partial charge is 0.335 e. The van der Waals surface area contributed by atoms with E-state index in [0.29, 0.717) is 21.2 Å². The Morgan fingerprint density at radius 1 is 1.16 bits per heavy atom. The maximum Gasteiger partial charge on any atom is 0.260 e. The molecule has 0 fully saturated rings. The molecule has 0 amide bonds. The molecule has 4 aromatic heterocycles. The zero-order chi connectivity index (χ0) is 21.5. The molecule has 0 aliphatic carbocycles. The fourth-order valence-corrected chi connectivity index (χ4v) is 5.77. The number of benzene rings is 1. The van der Waals surface area contributed by atoms with Gasteiger partial charge >= 0.3 is 0 Å². The fraction of sp³-hybridized carbons (Fsp3) is 0.100. The van der Waals surface area contributed by atoms with Crippen molar-refractivity contribution in [2.24, 2.45) is 0 Å². The summed E-state index contributed by atoms with van der Waals surface area (Å²) < 4.78 is 15.3. The number of hydrogen-bond donors (Lipinski definition) is 2. The number of fused-ring (bicyclic) bond motifs is 1. The minimum absolute atomic E-state index is 0.182. The van der Waals surface area contributed by atoms with E-state index in [0.717, 1.165) is 10.4 Å². The molecular weight excluding hydrogens is 455 g/mol. The maximum atomic E-state index is 14.1. The SMILES string of the molecule is CC(Sc1nnc(-c2ccccc2F)n1N)c1nc2scc(-c3cccs3)c2c(=O)[nH]1. The first-order chi connectivity index (χ1) is 15.0. The van der Waals surface area contributed by atoms with Crippen LogP contribution in [0.15, 0.2) is 57.1 Å². The first-order valence-corrected chi connectivity index (χ1v) is 11.8. The summed E-state index contributed by atoms with van der Waals surface area (Å²) in [4.78, 5) is 22.1. The lowest BCUT2D eigenvalue weighted by atomic mass is 10.2. The predicted molar refractivity (Wildman–Crippen MR) is 123 cm³/mol. The van der Waals surface area contributed by atoms with Crippen LogP contribution in [0.25, 0.3) is 32.0 Å². The third kappa shape index (κ3) is 3.54. The van der Waals surface area contributed by atoms with Crippen LogP contribution in [0.1, 0.15) is 18.0 Å². The smallest absolute Gasteiger partial charge is 0.260 e. The van der Waals surface area contributed by atoms with Crippen LogP contribution in [-0.4, -0.2) is 24.8 Å². The normalized spacial score (nSPS) is 12.5. The first kappa shape index (κ1) is 19.9. The third-order valence-electron chi connectivity index (χ3n) is 4.70. The van der Waals surface area contributed by atoms with Crippen LogP contribution in [0, 0.1) is 5.82 Å². The minimum Gasteiger partial charge on any atom is -0.335 e. The molecule has 4 heterocycles. The number of aromatic nitrogens is 5. The van der Waals surface area contributed by atoms with Crippen LogP contribution in [0.3, 0.4) is 0 Å². The molecule has 5 rings (SSSR count). The molecule has 0 bridgehead atoms. The second-order valence-electron chi connectivity index (χ2n) is 6.67. The van der Waals surface area contributed by atoms with Gasteiger partial charge in [0.25, 0.3) is 5.56 Å². The molecular formula is C20H15FN6OS3. The number of rotatable bonds is 5. The molecule has 1 aromatic carbocycles. The first-order valence-electron chi connectivity index (χ1n) is 9.20. The van der Waals surface area contributed by atoms with Crippen molar-refractivity contribution in [3.8, 4) is 21.8 Å². The molecule has 11 heteroatoms. The van der Waals surface area contributed by atoms with Gasteiger partial charge in [0, 0.05) is 15.8 Å². The Kier molecular flexibility index (Phi) is 5.08. The van der Waals surface area contributed by atoms with Crippen LogP contribution in [-0.2, 0) is 0 Å². The van der Waals surface area contributed by atoms with Crippen molar-refractivity contribution in [2.75, 3.05) is 5.84 Å². The monoisotopic (exact) mass is 470 g/mol. The molecule has 0 spiro atoms. The lowest BCUT2D eigenvalue weighted by molar-refractivity contribution is 0.629. The van der Waals surface area contributed by atoms with Crippen LogP contribution in [0.2, 0.25) is 0 Å². The molecule has 0 saturated carbocycles. The van der Waals surface area contributed by atoms with Crippen LogP contribution < -0.4 is 11.4 Å². The topological polar surface area (TPSA) is 102 Å². The number of H-pyrrole nitrogens is 1. The van der Waals surface area contributed by atoms with E-state index in [2.05, 4.69) is 20.2 Å². The van der Waals surface area contributed by atoms with Gasteiger partial charge in [0.05, 0.1) is 16.2 Å². The van der Waals surface area contributed by atoms with Gasteiger partial charge in [-0.25, -0.2) is 14.1 Å². The van der Waals surface area contributed by atoms with E-state index in [9.17, 15) is 9.18 Å². The zero-order valence-electron chi connectivity index (χ0n) is 16.1. The molecule has 7 nitrogen and oxygen atoms in total. The predicted octanol–water partition coefficient (Wildman–Crippen LogP) is 4.68. The van der Waals surface area contributed by atoms with Crippen LogP contribution >= 0.6 is 34.4 Å². The zero-order valence-corrected chi connectivity index (χ0v) is 18.5. The van der Waals surface area contributed by atoms with Gasteiger partial charge in [0.1, 0.15) is 16.5 Å². The molecule has 0 aliphatic heterocycles. The van der Waals surface area contributed by atoms with Crippen molar-refractivity contribution in [2.45, 2.75) is 17.3 Å². The summed E-state index contributed by atoms with van der Waals surface area (Å²) >= 11 is 4.30. The quantitative estimate of drug-likeness (QED) is 0.286. The third-order valence-corrected chi connectivity index (χ3v) is 7.54. The molecule has 0 saturated heterocycles. The fourth-order valence-electron chi connectivity index (χ4n) is 3.17. The van der Waals surface area contributed by atoms with Crippen molar-refractivity contribution in [1.82, 2.24) is 24.8 Å². The van der Waals surface area contributed by atoms with Crippen LogP contribution in [0.5, 0.6) is 0 Å². The molecule has 0 aliphatic rings.